The number of rotatable bonds is 5. The van der Waals surface area contributed by atoms with Crippen LogP contribution < -0.4 is 5.32 Å². The number of hydrogen-bond donors (Lipinski definition) is 2. The average molecular weight is 443 g/mol. The molecule has 0 amide bonds. The molecule has 0 bridgehead atoms. The molecule has 3 rings (SSSR count). The lowest BCUT2D eigenvalue weighted by molar-refractivity contribution is 0.0360. The largest absolute Gasteiger partial charge is 0.508 e. The highest BCUT2D eigenvalue weighted by Crippen LogP contribution is 2.36. The Morgan fingerprint density at radius 2 is 1.88 bits per heavy atom. The molecule has 2 N–H and O–H groups in total. The van der Waals surface area contributed by atoms with Gasteiger partial charge in [-0.2, -0.15) is 0 Å². The number of nitrogens with zero attached hydrogens (tertiary/aromatic N) is 1. The van der Waals surface area contributed by atoms with Crippen LogP contribution in [0.1, 0.15) is 78.7 Å². The van der Waals surface area contributed by atoms with E-state index in [4.69, 9.17) is 0 Å². The fourth-order valence-corrected chi connectivity index (χ4v) is 4.93. The molecule has 176 valence electrons. The minimum atomic E-state index is -0.273. The summed E-state index contributed by atoms with van der Waals surface area (Å²) in [5, 5.41) is 13.4. The van der Waals surface area contributed by atoms with E-state index in [9.17, 15) is 14.3 Å². The van der Waals surface area contributed by atoms with Gasteiger partial charge in [0.15, 0.2) is 0 Å². The van der Waals surface area contributed by atoms with Gasteiger partial charge in [-0.05, 0) is 107 Å². The van der Waals surface area contributed by atoms with Crippen molar-refractivity contribution in [3.8, 4) is 5.75 Å². The van der Waals surface area contributed by atoms with E-state index in [-0.39, 0.29) is 5.82 Å². The average Bonchev–Trinajstić information content (AvgIpc) is 2.78. The zero-order chi connectivity index (χ0) is 24.0. The number of hydrogen-bond acceptors (Lipinski definition) is 4. The van der Waals surface area contributed by atoms with Gasteiger partial charge in [-0.3, -0.25) is 9.69 Å². The SMILES string of the molecule is CCC1CC(NC)CC(C)N1C(C)c1ccc(O)c(C)c1C.Cc1cc(C=O)ccc1F. The number of benzene rings is 2. The number of aryl methyl sites for hydroxylation is 1. The number of nitrogens with one attached hydrogen (secondary N) is 1. The molecule has 4 atom stereocenters. The standard InChI is InChI=1S/C19H32N2O.C8H7FO/c1-7-17-11-16(20-6)10-12(2)21(17)15(5)18-8-9-19(22)14(4)13(18)3;1-6-4-7(5-10)2-3-8(6)9/h8-9,12,15-17,20,22H,7,10-11H2,1-6H3;2-5H,1H3. The quantitative estimate of drug-likeness (QED) is 0.569. The van der Waals surface area contributed by atoms with Crippen molar-refractivity contribution in [3.63, 3.8) is 0 Å². The summed E-state index contributed by atoms with van der Waals surface area (Å²) in [7, 11) is 2.08. The van der Waals surface area contributed by atoms with Gasteiger partial charge in [0.1, 0.15) is 17.9 Å². The van der Waals surface area contributed by atoms with Gasteiger partial charge in [-0.15, -0.1) is 0 Å². The first-order valence-electron chi connectivity index (χ1n) is 11.6. The lowest BCUT2D eigenvalue weighted by Crippen LogP contribution is -2.53. The predicted octanol–water partition coefficient (Wildman–Crippen LogP) is 5.87. The van der Waals surface area contributed by atoms with E-state index in [0.29, 0.717) is 47.3 Å². The lowest BCUT2D eigenvalue weighted by atomic mass is 9.86. The topological polar surface area (TPSA) is 52.6 Å². The Morgan fingerprint density at radius 3 is 2.44 bits per heavy atom. The summed E-state index contributed by atoms with van der Waals surface area (Å²) in [5.41, 5.74) is 4.60. The van der Waals surface area contributed by atoms with E-state index in [1.165, 1.54) is 48.6 Å². The fourth-order valence-electron chi connectivity index (χ4n) is 4.93. The van der Waals surface area contributed by atoms with Gasteiger partial charge in [0.05, 0.1) is 0 Å². The molecule has 2 aromatic rings. The van der Waals surface area contributed by atoms with Gasteiger partial charge < -0.3 is 10.4 Å². The third-order valence-electron chi connectivity index (χ3n) is 7.01. The minimum absolute atomic E-state index is 0.273. The molecule has 1 fully saturated rings. The molecule has 5 heteroatoms. The van der Waals surface area contributed by atoms with Crippen LogP contribution in [-0.4, -0.2) is 41.5 Å². The van der Waals surface area contributed by atoms with Crippen LogP contribution in [0.25, 0.3) is 0 Å². The highest BCUT2D eigenvalue weighted by molar-refractivity contribution is 5.74. The molecule has 1 aliphatic rings. The Hall–Kier alpha value is -2.24. The molecule has 4 unspecified atom stereocenters. The first-order valence-corrected chi connectivity index (χ1v) is 11.6. The van der Waals surface area contributed by atoms with Gasteiger partial charge in [0.25, 0.3) is 0 Å². The van der Waals surface area contributed by atoms with E-state index in [1.54, 1.807) is 6.92 Å². The Balaban J connectivity index is 0.000000303. The molecular formula is C27H39FN2O2. The van der Waals surface area contributed by atoms with Crippen LogP contribution in [0.15, 0.2) is 30.3 Å². The number of halogens is 1. The summed E-state index contributed by atoms with van der Waals surface area (Å²) in [6, 6.07) is 10.4. The van der Waals surface area contributed by atoms with Gasteiger partial charge in [-0.25, -0.2) is 4.39 Å². The van der Waals surface area contributed by atoms with E-state index < -0.39 is 0 Å². The van der Waals surface area contributed by atoms with Crippen LogP contribution in [0.5, 0.6) is 5.75 Å². The maximum Gasteiger partial charge on any atom is 0.150 e. The second kappa shape index (κ2) is 11.6. The molecule has 32 heavy (non-hydrogen) atoms. The molecule has 4 nitrogen and oxygen atoms in total. The lowest BCUT2D eigenvalue weighted by Gasteiger charge is -2.47. The van der Waals surface area contributed by atoms with Gasteiger partial charge in [-0.1, -0.05) is 13.0 Å². The monoisotopic (exact) mass is 442 g/mol. The van der Waals surface area contributed by atoms with Crippen molar-refractivity contribution >= 4 is 6.29 Å². The summed E-state index contributed by atoms with van der Waals surface area (Å²) in [6.07, 6.45) is 4.31. The maximum atomic E-state index is 12.5. The van der Waals surface area contributed by atoms with Crippen molar-refractivity contribution in [1.29, 1.82) is 0 Å². The zero-order valence-corrected chi connectivity index (χ0v) is 20.6. The molecule has 2 aromatic carbocycles. The van der Waals surface area contributed by atoms with Crippen molar-refractivity contribution in [1.82, 2.24) is 10.2 Å². The molecule has 0 spiro atoms. The zero-order valence-electron chi connectivity index (χ0n) is 20.6. The number of aldehydes is 1. The number of likely N-dealkylation sites (tertiary alicyclic amines) is 1. The van der Waals surface area contributed by atoms with Crippen molar-refractivity contribution in [3.05, 3.63) is 64.0 Å². The van der Waals surface area contributed by atoms with E-state index in [2.05, 4.69) is 51.0 Å². The summed E-state index contributed by atoms with van der Waals surface area (Å²) < 4.78 is 12.5. The minimum Gasteiger partial charge on any atom is -0.508 e. The van der Waals surface area contributed by atoms with Crippen LogP contribution >= 0.6 is 0 Å². The Labute approximate surface area is 192 Å². The molecule has 1 saturated heterocycles. The first-order chi connectivity index (χ1) is 15.1. The van der Waals surface area contributed by atoms with Gasteiger partial charge >= 0.3 is 0 Å². The van der Waals surface area contributed by atoms with Crippen LogP contribution in [-0.2, 0) is 0 Å². The molecule has 1 heterocycles. The summed E-state index contributed by atoms with van der Waals surface area (Å²) in [6.45, 7) is 12.7. The third-order valence-corrected chi connectivity index (χ3v) is 7.01. The predicted molar refractivity (Wildman–Crippen MR) is 130 cm³/mol. The Kier molecular flexibility index (Phi) is 9.41. The van der Waals surface area contributed by atoms with E-state index in [0.717, 1.165) is 5.56 Å². The number of phenols is 1. The summed E-state index contributed by atoms with van der Waals surface area (Å²) in [5.74, 6) is 0.132. The highest BCUT2D eigenvalue weighted by Gasteiger charge is 2.35. The van der Waals surface area contributed by atoms with Crippen LogP contribution in [0.2, 0.25) is 0 Å². The molecule has 0 radical (unpaired) electrons. The van der Waals surface area contributed by atoms with Crippen molar-refractivity contribution < 1.29 is 14.3 Å². The number of carbonyl (C=O) groups is 1. The smallest absolute Gasteiger partial charge is 0.150 e. The molecule has 0 saturated carbocycles. The third kappa shape index (κ3) is 5.96. The number of aromatic hydroxyl groups is 1. The van der Waals surface area contributed by atoms with Gasteiger partial charge in [0, 0.05) is 29.7 Å². The van der Waals surface area contributed by atoms with Crippen LogP contribution in [0.4, 0.5) is 4.39 Å². The fraction of sp³-hybridized carbons (Fsp3) is 0.519. The van der Waals surface area contributed by atoms with Crippen LogP contribution in [0, 0.1) is 26.6 Å². The highest BCUT2D eigenvalue weighted by atomic mass is 19.1. The summed E-state index contributed by atoms with van der Waals surface area (Å²) >= 11 is 0. The van der Waals surface area contributed by atoms with Gasteiger partial charge in [0.2, 0.25) is 0 Å². The number of piperidine rings is 1. The van der Waals surface area contributed by atoms with Crippen molar-refractivity contribution in [2.75, 3.05) is 7.05 Å². The van der Waals surface area contributed by atoms with Crippen LogP contribution in [0.3, 0.4) is 0 Å². The molecular weight excluding hydrogens is 403 g/mol. The Morgan fingerprint density at radius 1 is 1.19 bits per heavy atom. The summed E-state index contributed by atoms with van der Waals surface area (Å²) in [4.78, 5) is 12.8. The Bertz CT molecular complexity index is 915. The van der Waals surface area contributed by atoms with E-state index >= 15 is 0 Å². The maximum absolute atomic E-state index is 12.5. The molecule has 0 aromatic heterocycles. The molecule has 0 aliphatic carbocycles. The second-order valence-electron chi connectivity index (χ2n) is 9.04. The second-order valence-corrected chi connectivity index (χ2v) is 9.04. The van der Waals surface area contributed by atoms with E-state index in [1.807, 2.05) is 13.0 Å². The van der Waals surface area contributed by atoms with Crippen molar-refractivity contribution in [2.24, 2.45) is 0 Å². The number of phenolic OH excluding ortho intramolecular Hbond substituents is 1. The molecule has 1 aliphatic heterocycles. The number of carbonyl (C=O) groups excluding carboxylic acids is 1. The van der Waals surface area contributed by atoms with Crippen molar-refractivity contribution in [2.45, 2.75) is 85.0 Å². The first kappa shape index (κ1) is 26.0. The normalized spacial score (nSPS) is 22.1.